The van der Waals surface area contributed by atoms with Crippen LogP contribution in [0.3, 0.4) is 0 Å². The molecule has 0 aliphatic heterocycles. The number of azide groups is 1. The third-order valence-corrected chi connectivity index (χ3v) is 3.25. The Morgan fingerprint density at radius 1 is 1.10 bits per heavy atom. The number of halogens is 1. The third-order valence-electron chi connectivity index (χ3n) is 2.72. The molecule has 5 heteroatoms. The average molecular weight is 341 g/mol. The Hall–Kier alpha value is -2.36. The Kier molecular flexibility index (Phi) is 5.76. The smallest absolute Gasteiger partial charge is 0.0578 e. The molecule has 0 saturated heterocycles. The molecule has 0 aliphatic carbocycles. The van der Waals surface area contributed by atoms with Gasteiger partial charge in [-0.1, -0.05) is 69.6 Å². The normalized spacial score (nSPS) is 11.4. The van der Waals surface area contributed by atoms with Crippen LogP contribution in [0.25, 0.3) is 16.1 Å². The van der Waals surface area contributed by atoms with Crippen molar-refractivity contribution < 1.29 is 0 Å². The molecular formula is C16H13BrN4. The second-order valence-corrected chi connectivity index (χ2v) is 5.11. The van der Waals surface area contributed by atoms with Gasteiger partial charge in [-0.2, -0.15) is 0 Å². The summed E-state index contributed by atoms with van der Waals surface area (Å²) in [4.78, 5) is 7.18. The Morgan fingerprint density at radius 3 is 2.48 bits per heavy atom. The van der Waals surface area contributed by atoms with Gasteiger partial charge in [-0.25, -0.2) is 0 Å². The molecule has 0 radical (unpaired) electrons. The summed E-state index contributed by atoms with van der Waals surface area (Å²) in [5, 5.41) is 3.71. The lowest BCUT2D eigenvalue weighted by atomic mass is 10.1. The van der Waals surface area contributed by atoms with Gasteiger partial charge in [0.25, 0.3) is 0 Å². The van der Waals surface area contributed by atoms with Gasteiger partial charge in [-0.3, -0.25) is 4.99 Å². The molecule has 0 atom stereocenters. The molecule has 0 aromatic heterocycles. The van der Waals surface area contributed by atoms with Crippen LogP contribution in [0.15, 0.2) is 75.3 Å². The van der Waals surface area contributed by atoms with Gasteiger partial charge in [-0.05, 0) is 28.8 Å². The highest BCUT2D eigenvalue weighted by Crippen LogP contribution is 2.15. The predicted octanol–water partition coefficient (Wildman–Crippen LogP) is 5.22. The van der Waals surface area contributed by atoms with Gasteiger partial charge in [0.05, 0.1) is 6.54 Å². The predicted molar refractivity (Wildman–Crippen MR) is 90.2 cm³/mol. The molecule has 0 unspecified atom stereocenters. The first-order valence-corrected chi connectivity index (χ1v) is 7.15. The zero-order chi connectivity index (χ0) is 14.9. The van der Waals surface area contributed by atoms with Crippen LogP contribution >= 0.6 is 15.9 Å². The molecule has 0 saturated carbocycles. The molecule has 0 spiro atoms. The molecule has 2 rings (SSSR count). The van der Waals surface area contributed by atoms with E-state index in [2.05, 4.69) is 30.9 Å². The third kappa shape index (κ3) is 4.91. The fourth-order valence-corrected chi connectivity index (χ4v) is 1.98. The van der Waals surface area contributed by atoms with E-state index in [9.17, 15) is 0 Å². The highest BCUT2D eigenvalue weighted by molar-refractivity contribution is 9.10. The molecule has 2 aromatic carbocycles. The van der Waals surface area contributed by atoms with E-state index in [1.54, 1.807) is 6.21 Å². The van der Waals surface area contributed by atoms with Crippen molar-refractivity contribution in [1.29, 1.82) is 0 Å². The number of rotatable bonds is 5. The van der Waals surface area contributed by atoms with Crippen molar-refractivity contribution in [2.75, 3.05) is 6.54 Å². The first kappa shape index (κ1) is 15.0. The van der Waals surface area contributed by atoms with Crippen LogP contribution in [0, 0.1) is 0 Å². The van der Waals surface area contributed by atoms with E-state index in [-0.39, 0.29) is 0 Å². The van der Waals surface area contributed by atoms with E-state index < -0.39 is 0 Å². The quantitative estimate of drug-likeness (QED) is 0.310. The lowest BCUT2D eigenvalue weighted by molar-refractivity contribution is 1.24. The topological polar surface area (TPSA) is 61.1 Å². The van der Waals surface area contributed by atoms with Gasteiger partial charge in [0, 0.05) is 21.3 Å². The Balaban J connectivity index is 2.07. The van der Waals surface area contributed by atoms with Crippen molar-refractivity contribution in [2.24, 2.45) is 10.1 Å². The van der Waals surface area contributed by atoms with E-state index in [4.69, 9.17) is 5.53 Å². The molecule has 0 fully saturated rings. The highest BCUT2D eigenvalue weighted by Gasteiger charge is 1.96. The summed E-state index contributed by atoms with van der Waals surface area (Å²) in [6.07, 6.45) is 3.60. The monoisotopic (exact) mass is 340 g/mol. The zero-order valence-electron chi connectivity index (χ0n) is 11.2. The largest absolute Gasteiger partial charge is 0.288 e. The molecule has 21 heavy (non-hydrogen) atoms. The minimum atomic E-state index is 0.458. The van der Waals surface area contributed by atoms with Gasteiger partial charge < -0.3 is 0 Å². The van der Waals surface area contributed by atoms with Crippen LogP contribution in [0.1, 0.15) is 11.1 Å². The van der Waals surface area contributed by atoms with E-state index in [1.807, 2.05) is 60.7 Å². The van der Waals surface area contributed by atoms with Crippen LogP contribution in [0.2, 0.25) is 0 Å². The maximum atomic E-state index is 8.63. The summed E-state index contributed by atoms with van der Waals surface area (Å²) < 4.78 is 1.04. The van der Waals surface area contributed by atoms with E-state index in [0.29, 0.717) is 12.2 Å². The molecule has 0 N–H and O–H groups in total. The maximum absolute atomic E-state index is 8.63. The summed E-state index contributed by atoms with van der Waals surface area (Å²) in [6, 6.07) is 17.4. The highest BCUT2D eigenvalue weighted by atomic mass is 79.9. The van der Waals surface area contributed by atoms with Crippen LogP contribution in [-0.4, -0.2) is 12.8 Å². The molecule has 0 aliphatic rings. The summed E-state index contributed by atoms with van der Waals surface area (Å²) in [5.74, 6) is 0. The number of nitrogens with zero attached hydrogens (tertiary/aromatic N) is 4. The molecular weight excluding hydrogens is 328 g/mol. The first-order valence-electron chi connectivity index (χ1n) is 6.35. The van der Waals surface area contributed by atoms with Crippen molar-refractivity contribution in [3.05, 3.63) is 86.7 Å². The first-order chi connectivity index (χ1) is 10.3. The Morgan fingerprint density at radius 2 is 1.81 bits per heavy atom. The van der Waals surface area contributed by atoms with Crippen LogP contribution in [0.5, 0.6) is 0 Å². The van der Waals surface area contributed by atoms with E-state index in [1.165, 1.54) is 0 Å². The Labute approximate surface area is 131 Å². The molecule has 0 heterocycles. The van der Waals surface area contributed by atoms with Crippen LogP contribution < -0.4 is 0 Å². The second-order valence-electron chi connectivity index (χ2n) is 4.19. The summed E-state index contributed by atoms with van der Waals surface area (Å²) in [5.41, 5.74) is 11.1. The fraction of sp³-hybridized carbons (Fsp3) is 0.0625. The molecule has 4 nitrogen and oxygen atoms in total. The van der Waals surface area contributed by atoms with Crippen LogP contribution in [0.4, 0.5) is 0 Å². The van der Waals surface area contributed by atoms with Gasteiger partial charge in [0.2, 0.25) is 0 Å². The number of hydrogen-bond acceptors (Lipinski definition) is 2. The standard InChI is InChI=1S/C16H13BrN4/c17-15-8-6-13(7-9-15)12-19-11-10-16(20-21-18)14-4-2-1-3-5-14/h1-10,12H,11H2/b16-10-,19-12?. The minimum Gasteiger partial charge on any atom is -0.288 e. The summed E-state index contributed by atoms with van der Waals surface area (Å²) in [6.45, 7) is 0.458. The average Bonchev–Trinajstić information content (AvgIpc) is 2.53. The molecule has 104 valence electrons. The number of hydrogen-bond donors (Lipinski definition) is 0. The maximum Gasteiger partial charge on any atom is 0.0578 e. The molecule has 0 bridgehead atoms. The van der Waals surface area contributed by atoms with Crippen LogP contribution in [-0.2, 0) is 0 Å². The SMILES string of the molecule is [N-]=[N+]=N/C(=C\CN=Cc1ccc(Br)cc1)c1ccccc1. The zero-order valence-corrected chi connectivity index (χ0v) is 12.8. The van der Waals surface area contributed by atoms with Gasteiger partial charge in [0.1, 0.15) is 0 Å². The second kappa shape index (κ2) is 8.04. The lowest BCUT2D eigenvalue weighted by Gasteiger charge is -1.99. The minimum absolute atomic E-state index is 0.458. The van der Waals surface area contributed by atoms with Crippen molar-refractivity contribution >= 4 is 27.8 Å². The van der Waals surface area contributed by atoms with E-state index >= 15 is 0 Å². The van der Waals surface area contributed by atoms with Crippen molar-refractivity contribution in [3.63, 3.8) is 0 Å². The van der Waals surface area contributed by atoms with Gasteiger partial charge >= 0.3 is 0 Å². The lowest BCUT2D eigenvalue weighted by Crippen LogP contribution is -1.84. The summed E-state index contributed by atoms with van der Waals surface area (Å²) in [7, 11) is 0. The number of benzene rings is 2. The Bertz CT molecular complexity index is 684. The fourth-order valence-electron chi connectivity index (χ4n) is 1.72. The summed E-state index contributed by atoms with van der Waals surface area (Å²) >= 11 is 3.39. The molecule has 2 aromatic rings. The number of aliphatic imine (C=N–C) groups is 1. The van der Waals surface area contributed by atoms with Crippen molar-refractivity contribution in [1.82, 2.24) is 0 Å². The van der Waals surface area contributed by atoms with Gasteiger partial charge in [0.15, 0.2) is 0 Å². The van der Waals surface area contributed by atoms with E-state index in [0.717, 1.165) is 15.6 Å². The van der Waals surface area contributed by atoms with Gasteiger partial charge in [-0.15, -0.1) is 0 Å². The van der Waals surface area contributed by atoms with Crippen molar-refractivity contribution in [2.45, 2.75) is 0 Å². The van der Waals surface area contributed by atoms with Crippen molar-refractivity contribution in [3.8, 4) is 0 Å². The molecule has 0 amide bonds.